The molecule has 0 unspecified atom stereocenters. The first kappa shape index (κ1) is 22.8. The molecule has 7 heteroatoms. The van der Waals surface area contributed by atoms with Gasteiger partial charge in [0, 0.05) is 23.3 Å². The molecule has 0 aliphatic rings. The molecule has 0 saturated heterocycles. The van der Waals surface area contributed by atoms with Gasteiger partial charge in [-0.05, 0) is 47.5 Å². The first-order valence-electron chi connectivity index (χ1n) is 9.78. The van der Waals surface area contributed by atoms with E-state index in [2.05, 4.69) is 10.6 Å². The van der Waals surface area contributed by atoms with Crippen molar-refractivity contribution in [2.24, 2.45) is 0 Å². The normalized spacial score (nSPS) is 10.9. The summed E-state index contributed by atoms with van der Waals surface area (Å²) in [4.78, 5) is 36.9. The van der Waals surface area contributed by atoms with E-state index in [1.54, 1.807) is 48.5 Å². The maximum atomic E-state index is 12.8. The fourth-order valence-corrected chi connectivity index (χ4v) is 3.02. The molecule has 32 heavy (non-hydrogen) atoms. The second-order valence-electron chi connectivity index (χ2n) is 6.76. The van der Waals surface area contributed by atoms with Crippen LogP contribution in [0.4, 0.5) is 5.69 Å². The molecule has 0 radical (unpaired) electrons. The maximum absolute atomic E-state index is 12.8. The van der Waals surface area contributed by atoms with Gasteiger partial charge in [-0.25, -0.2) is 4.79 Å². The summed E-state index contributed by atoms with van der Waals surface area (Å²) in [5.74, 6) is -1.45. The highest BCUT2D eigenvalue weighted by atomic mass is 35.5. The standard InChI is InChI=1S/C25H21ClN2O4/c1-27-24(30)19-8-5-9-21(15-19)28-23(29)16-32-25(31)22(14-17-6-3-2-4-7-17)18-10-12-20(26)13-11-18/h2-15H,16H2,1H3,(H,27,30)(H,28,29)/b22-14+. The fraction of sp³-hybridized carbons (Fsp3) is 0.0800. The summed E-state index contributed by atoms with van der Waals surface area (Å²) in [6.45, 7) is -0.483. The summed E-state index contributed by atoms with van der Waals surface area (Å²) in [6, 6.07) is 22.5. The topological polar surface area (TPSA) is 84.5 Å². The van der Waals surface area contributed by atoms with E-state index in [0.717, 1.165) is 5.56 Å². The van der Waals surface area contributed by atoms with Gasteiger partial charge in [0.15, 0.2) is 6.61 Å². The molecule has 2 amide bonds. The molecule has 0 saturated carbocycles. The van der Waals surface area contributed by atoms with Crippen molar-refractivity contribution in [2.45, 2.75) is 0 Å². The van der Waals surface area contributed by atoms with Gasteiger partial charge in [0.2, 0.25) is 0 Å². The third-order valence-electron chi connectivity index (χ3n) is 4.46. The van der Waals surface area contributed by atoms with Crippen LogP contribution in [0.5, 0.6) is 0 Å². The van der Waals surface area contributed by atoms with Crippen molar-refractivity contribution < 1.29 is 19.1 Å². The van der Waals surface area contributed by atoms with Gasteiger partial charge in [0.25, 0.3) is 11.8 Å². The van der Waals surface area contributed by atoms with E-state index in [4.69, 9.17) is 16.3 Å². The van der Waals surface area contributed by atoms with Gasteiger partial charge < -0.3 is 15.4 Å². The number of hydrogen-bond donors (Lipinski definition) is 2. The molecule has 0 aliphatic heterocycles. The van der Waals surface area contributed by atoms with Gasteiger partial charge in [-0.2, -0.15) is 0 Å². The predicted molar refractivity (Wildman–Crippen MR) is 125 cm³/mol. The number of carbonyl (C=O) groups excluding carboxylic acids is 3. The molecule has 0 bridgehead atoms. The van der Waals surface area contributed by atoms with E-state index in [1.165, 1.54) is 13.1 Å². The Morgan fingerprint density at radius 2 is 1.62 bits per heavy atom. The Labute approximate surface area is 190 Å². The van der Waals surface area contributed by atoms with Gasteiger partial charge in [-0.3, -0.25) is 9.59 Å². The SMILES string of the molecule is CNC(=O)c1cccc(NC(=O)COC(=O)/C(=C/c2ccccc2)c2ccc(Cl)cc2)c1. The Balaban J connectivity index is 1.71. The zero-order valence-electron chi connectivity index (χ0n) is 17.3. The van der Waals surface area contributed by atoms with E-state index in [1.807, 2.05) is 30.3 Å². The number of hydrogen-bond acceptors (Lipinski definition) is 4. The smallest absolute Gasteiger partial charge is 0.339 e. The van der Waals surface area contributed by atoms with Crippen LogP contribution in [0.1, 0.15) is 21.5 Å². The molecule has 0 heterocycles. The molecular formula is C25H21ClN2O4. The largest absolute Gasteiger partial charge is 0.452 e. The van der Waals surface area contributed by atoms with Crippen LogP contribution in [0.2, 0.25) is 5.02 Å². The number of carbonyl (C=O) groups is 3. The molecule has 162 valence electrons. The van der Waals surface area contributed by atoms with Crippen molar-refractivity contribution in [3.63, 3.8) is 0 Å². The van der Waals surface area contributed by atoms with Crippen LogP contribution in [0, 0.1) is 0 Å². The van der Waals surface area contributed by atoms with Crippen LogP contribution in [-0.4, -0.2) is 31.4 Å². The predicted octanol–water partition coefficient (Wildman–Crippen LogP) is 4.42. The molecular weight excluding hydrogens is 428 g/mol. The monoisotopic (exact) mass is 448 g/mol. The Kier molecular flexibility index (Phi) is 7.78. The number of anilines is 1. The van der Waals surface area contributed by atoms with E-state index in [-0.39, 0.29) is 5.91 Å². The Morgan fingerprint density at radius 3 is 2.31 bits per heavy atom. The third-order valence-corrected chi connectivity index (χ3v) is 4.71. The summed E-state index contributed by atoms with van der Waals surface area (Å²) in [5.41, 5.74) is 2.54. The summed E-state index contributed by atoms with van der Waals surface area (Å²) < 4.78 is 5.26. The Morgan fingerprint density at radius 1 is 0.906 bits per heavy atom. The molecule has 2 N–H and O–H groups in total. The average molecular weight is 449 g/mol. The van der Waals surface area contributed by atoms with Crippen LogP contribution >= 0.6 is 11.6 Å². The summed E-state index contributed by atoms with van der Waals surface area (Å²) in [7, 11) is 1.52. The lowest BCUT2D eigenvalue weighted by molar-refractivity contribution is -0.141. The van der Waals surface area contributed by atoms with Crippen molar-refractivity contribution in [2.75, 3.05) is 19.0 Å². The lowest BCUT2D eigenvalue weighted by Gasteiger charge is -2.10. The zero-order chi connectivity index (χ0) is 22.9. The maximum Gasteiger partial charge on any atom is 0.339 e. The minimum absolute atomic E-state index is 0.272. The van der Waals surface area contributed by atoms with Crippen LogP contribution < -0.4 is 10.6 Å². The molecule has 0 aromatic heterocycles. The van der Waals surface area contributed by atoms with Crippen LogP contribution in [0.25, 0.3) is 11.6 Å². The highest BCUT2D eigenvalue weighted by molar-refractivity contribution is 6.30. The average Bonchev–Trinajstić information content (AvgIpc) is 2.82. The fourth-order valence-electron chi connectivity index (χ4n) is 2.89. The quantitative estimate of drug-likeness (QED) is 0.318. The lowest BCUT2D eigenvalue weighted by Crippen LogP contribution is -2.22. The number of nitrogens with one attached hydrogen (secondary N) is 2. The Hall–Kier alpha value is -3.90. The van der Waals surface area contributed by atoms with Gasteiger partial charge >= 0.3 is 5.97 Å². The van der Waals surface area contributed by atoms with Gasteiger partial charge in [0.05, 0.1) is 5.57 Å². The Bertz CT molecular complexity index is 1140. The number of amides is 2. The molecule has 3 aromatic rings. The number of esters is 1. The molecule has 3 rings (SSSR count). The van der Waals surface area contributed by atoms with Crippen LogP contribution in [-0.2, 0) is 14.3 Å². The third kappa shape index (κ3) is 6.30. The molecule has 0 atom stereocenters. The summed E-state index contributed by atoms with van der Waals surface area (Å²) >= 11 is 5.96. The second kappa shape index (κ2) is 10.9. The van der Waals surface area contributed by atoms with E-state index < -0.39 is 18.5 Å². The van der Waals surface area contributed by atoms with E-state index in [9.17, 15) is 14.4 Å². The van der Waals surface area contributed by atoms with Crippen molar-refractivity contribution in [3.8, 4) is 0 Å². The summed E-state index contributed by atoms with van der Waals surface area (Å²) in [5, 5.41) is 5.68. The number of benzene rings is 3. The van der Waals surface area contributed by atoms with Crippen molar-refractivity contribution in [3.05, 3.63) is 101 Å². The first-order chi connectivity index (χ1) is 15.5. The second-order valence-corrected chi connectivity index (χ2v) is 7.20. The molecule has 3 aromatic carbocycles. The van der Waals surface area contributed by atoms with E-state index >= 15 is 0 Å². The van der Waals surface area contributed by atoms with Crippen LogP contribution in [0.3, 0.4) is 0 Å². The summed E-state index contributed by atoms with van der Waals surface area (Å²) in [6.07, 6.45) is 1.69. The highest BCUT2D eigenvalue weighted by Gasteiger charge is 2.16. The van der Waals surface area contributed by atoms with Gasteiger partial charge in [-0.1, -0.05) is 60.1 Å². The molecule has 6 nitrogen and oxygen atoms in total. The number of rotatable bonds is 7. The first-order valence-corrected chi connectivity index (χ1v) is 10.2. The van der Waals surface area contributed by atoms with E-state index in [0.29, 0.717) is 27.4 Å². The molecule has 0 aliphatic carbocycles. The van der Waals surface area contributed by atoms with Gasteiger partial charge in [0.1, 0.15) is 0 Å². The number of halogens is 1. The van der Waals surface area contributed by atoms with Crippen molar-refractivity contribution >= 4 is 46.7 Å². The molecule has 0 spiro atoms. The minimum atomic E-state index is -0.648. The van der Waals surface area contributed by atoms with Crippen molar-refractivity contribution in [1.29, 1.82) is 0 Å². The van der Waals surface area contributed by atoms with Crippen LogP contribution in [0.15, 0.2) is 78.9 Å². The lowest BCUT2D eigenvalue weighted by atomic mass is 10.0. The molecule has 0 fully saturated rings. The minimum Gasteiger partial charge on any atom is -0.452 e. The number of ether oxygens (including phenoxy) is 1. The van der Waals surface area contributed by atoms with Gasteiger partial charge in [-0.15, -0.1) is 0 Å². The van der Waals surface area contributed by atoms with Crippen molar-refractivity contribution in [1.82, 2.24) is 5.32 Å². The highest BCUT2D eigenvalue weighted by Crippen LogP contribution is 2.22. The zero-order valence-corrected chi connectivity index (χ0v) is 18.1.